The second kappa shape index (κ2) is 12.3. The fourth-order valence-electron chi connectivity index (χ4n) is 4.78. The lowest BCUT2D eigenvalue weighted by molar-refractivity contribution is 0.303. The molecule has 0 saturated carbocycles. The number of aliphatic imine (C=N–C) groups is 1. The van der Waals surface area contributed by atoms with Crippen LogP contribution in [0.4, 0.5) is 5.88 Å². The topological polar surface area (TPSA) is 58.5 Å². The SMILES string of the molecule is N#Cc1c(N=Cc2cc(I)c(OCc3cccc4ccccc34)c(I)c2)oc(-c2ccccc2)c1-c1ccccc1. The van der Waals surface area contributed by atoms with E-state index in [0.717, 1.165) is 40.7 Å². The van der Waals surface area contributed by atoms with Gasteiger partial charge in [0.2, 0.25) is 5.88 Å². The number of fused-ring (bicyclic) bond motifs is 1. The molecule has 41 heavy (non-hydrogen) atoms. The molecular formula is C35H22I2N2O2. The molecule has 0 bridgehead atoms. The molecule has 0 fully saturated rings. The van der Waals surface area contributed by atoms with Gasteiger partial charge in [-0.25, -0.2) is 4.99 Å². The van der Waals surface area contributed by atoms with E-state index in [1.165, 1.54) is 10.8 Å². The van der Waals surface area contributed by atoms with Crippen molar-refractivity contribution in [3.8, 4) is 34.3 Å². The van der Waals surface area contributed by atoms with Crippen LogP contribution in [-0.2, 0) is 6.61 Å². The van der Waals surface area contributed by atoms with Crippen molar-refractivity contribution < 1.29 is 9.15 Å². The third-order valence-electron chi connectivity index (χ3n) is 6.70. The van der Waals surface area contributed by atoms with Gasteiger partial charge in [0, 0.05) is 17.3 Å². The number of hydrogen-bond donors (Lipinski definition) is 0. The second-order valence-corrected chi connectivity index (χ2v) is 11.7. The fraction of sp³-hybridized carbons (Fsp3) is 0.0286. The standard InChI is InChI=1S/C35H22I2N2O2/c36-30-18-23(19-31(37)34(30)40-22-27-16-9-15-24-10-7-8-17-28(24)27)21-39-35-29(20-38)32(25-11-3-1-4-12-25)33(41-35)26-13-5-2-6-14-26/h1-19,21H,22H2. The maximum Gasteiger partial charge on any atom is 0.238 e. The minimum absolute atomic E-state index is 0.284. The molecule has 6 heteroatoms. The van der Waals surface area contributed by atoms with E-state index in [0.29, 0.717) is 17.9 Å². The van der Waals surface area contributed by atoms with Crippen molar-refractivity contribution in [3.05, 3.63) is 139 Å². The Kier molecular flexibility index (Phi) is 8.16. The summed E-state index contributed by atoms with van der Waals surface area (Å²) < 4.78 is 14.5. The van der Waals surface area contributed by atoms with Gasteiger partial charge in [-0.2, -0.15) is 5.26 Å². The summed E-state index contributed by atoms with van der Waals surface area (Å²) in [7, 11) is 0. The third kappa shape index (κ3) is 5.78. The van der Waals surface area contributed by atoms with E-state index in [9.17, 15) is 5.26 Å². The monoisotopic (exact) mass is 756 g/mol. The van der Waals surface area contributed by atoms with E-state index >= 15 is 0 Å². The number of ether oxygens (including phenoxy) is 1. The lowest BCUT2D eigenvalue weighted by Gasteiger charge is -2.13. The Bertz CT molecular complexity index is 1900. The minimum atomic E-state index is 0.284. The summed E-state index contributed by atoms with van der Waals surface area (Å²) in [6.45, 7) is 0.475. The minimum Gasteiger partial charge on any atom is -0.487 e. The number of furan rings is 1. The maximum absolute atomic E-state index is 10.2. The maximum atomic E-state index is 10.2. The van der Waals surface area contributed by atoms with Gasteiger partial charge < -0.3 is 9.15 Å². The highest BCUT2D eigenvalue weighted by Crippen LogP contribution is 2.42. The Hall–Kier alpha value is -3.94. The van der Waals surface area contributed by atoms with E-state index in [4.69, 9.17) is 9.15 Å². The van der Waals surface area contributed by atoms with Crippen molar-refractivity contribution in [1.29, 1.82) is 5.26 Å². The molecule has 0 aliphatic carbocycles. The molecule has 0 N–H and O–H groups in total. The van der Waals surface area contributed by atoms with Crippen LogP contribution in [0.5, 0.6) is 5.75 Å². The van der Waals surface area contributed by atoms with Crippen LogP contribution in [0.3, 0.4) is 0 Å². The van der Waals surface area contributed by atoms with E-state index in [1.807, 2.05) is 78.9 Å². The van der Waals surface area contributed by atoms with Gasteiger partial charge >= 0.3 is 0 Å². The molecule has 0 unspecified atom stereocenters. The summed E-state index contributed by atoms with van der Waals surface area (Å²) in [6.07, 6.45) is 1.74. The first-order valence-corrected chi connectivity index (χ1v) is 15.1. The van der Waals surface area contributed by atoms with Crippen LogP contribution in [0, 0.1) is 18.5 Å². The number of nitrogens with zero attached hydrogens (tertiary/aromatic N) is 2. The lowest BCUT2D eigenvalue weighted by atomic mass is 9.98. The molecular weight excluding hydrogens is 734 g/mol. The largest absolute Gasteiger partial charge is 0.487 e. The van der Waals surface area contributed by atoms with Crippen LogP contribution in [-0.4, -0.2) is 6.21 Å². The van der Waals surface area contributed by atoms with Crippen molar-refractivity contribution in [2.45, 2.75) is 6.61 Å². The predicted molar refractivity (Wildman–Crippen MR) is 182 cm³/mol. The number of nitriles is 1. The van der Waals surface area contributed by atoms with E-state index in [1.54, 1.807) is 6.21 Å². The van der Waals surface area contributed by atoms with Crippen molar-refractivity contribution in [2.24, 2.45) is 4.99 Å². The highest BCUT2D eigenvalue weighted by molar-refractivity contribution is 14.1. The van der Waals surface area contributed by atoms with Crippen molar-refractivity contribution >= 4 is 68.1 Å². The first-order valence-electron chi connectivity index (χ1n) is 12.9. The zero-order chi connectivity index (χ0) is 28.2. The summed E-state index contributed by atoms with van der Waals surface area (Å²) in [5.74, 6) is 1.75. The normalized spacial score (nSPS) is 11.1. The molecule has 0 spiro atoms. The van der Waals surface area contributed by atoms with Crippen LogP contribution in [0.15, 0.2) is 125 Å². The number of rotatable bonds is 7. The van der Waals surface area contributed by atoms with Crippen LogP contribution >= 0.6 is 45.2 Å². The fourth-order valence-corrected chi connectivity index (χ4v) is 6.91. The molecule has 1 heterocycles. The summed E-state index contributed by atoms with van der Waals surface area (Å²) in [4.78, 5) is 4.66. The second-order valence-electron chi connectivity index (χ2n) is 9.33. The van der Waals surface area contributed by atoms with Crippen LogP contribution in [0.2, 0.25) is 0 Å². The summed E-state index contributed by atoms with van der Waals surface area (Å²) in [6, 6.07) is 40.6. The molecule has 1 aromatic heterocycles. The lowest BCUT2D eigenvalue weighted by Crippen LogP contribution is -2.01. The number of hydrogen-bond acceptors (Lipinski definition) is 4. The molecule has 6 rings (SSSR count). The van der Waals surface area contributed by atoms with E-state index in [2.05, 4.69) is 92.6 Å². The third-order valence-corrected chi connectivity index (χ3v) is 8.31. The van der Waals surface area contributed by atoms with Gasteiger partial charge in [-0.05, 0) is 84.8 Å². The van der Waals surface area contributed by atoms with Crippen molar-refractivity contribution in [3.63, 3.8) is 0 Å². The van der Waals surface area contributed by atoms with Gasteiger partial charge in [-0.3, -0.25) is 0 Å². The Morgan fingerprint density at radius 3 is 2.12 bits per heavy atom. The van der Waals surface area contributed by atoms with Gasteiger partial charge in [0.05, 0.1) is 7.14 Å². The Labute approximate surface area is 265 Å². The number of benzene rings is 5. The highest BCUT2D eigenvalue weighted by atomic mass is 127. The Morgan fingerprint density at radius 2 is 1.41 bits per heavy atom. The molecule has 0 amide bonds. The Balaban J connectivity index is 1.31. The van der Waals surface area contributed by atoms with Crippen LogP contribution < -0.4 is 4.74 Å². The Morgan fingerprint density at radius 1 is 0.780 bits per heavy atom. The molecule has 5 aromatic carbocycles. The van der Waals surface area contributed by atoms with Crippen LogP contribution in [0.25, 0.3) is 33.2 Å². The number of halogens is 2. The van der Waals surface area contributed by atoms with Gasteiger partial charge in [-0.1, -0.05) is 103 Å². The summed E-state index contributed by atoms with van der Waals surface area (Å²) in [5, 5.41) is 12.6. The van der Waals surface area contributed by atoms with E-state index in [-0.39, 0.29) is 5.88 Å². The average molecular weight is 756 g/mol. The highest BCUT2D eigenvalue weighted by Gasteiger charge is 2.22. The molecule has 0 radical (unpaired) electrons. The van der Waals surface area contributed by atoms with Gasteiger partial charge in [0.1, 0.15) is 29.7 Å². The summed E-state index contributed by atoms with van der Waals surface area (Å²) in [5.41, 5.74) is 4.98. The quantitative estimate of drug-likeness (QED) is 0.120. The first-order chi connectivity index (χ1) is 20.1. The predicted octanol–water partition coefficient (Wildman–Crippen LogP) is 10.2. The molecule has 0 atom stereocenters. The molecule has 6 aromatic rings. The smallest absolute Gasteiger partial charge is 0.238 e. The molecule has 0 aliphatic rings. The molecule has 198 valence electrons. The van der Waals surface area contributed by atoms with Crippen molar-refractivity contribution in [1.82, 2.24) is 0 Å². The summed E-state index contributed by atoms with van der Waals surface area (Å²) >= 11 is 4.60. The van der Waals surface area contributed by atoms with Crippen molar-refractivity contribution in [2.75, 3.05) is 0 Å². The average Bonchev–Trinajstić information content (AvgIpc) is 3.39. The first kappa shape index (κ1) is 27.2. The zero-order valence-electron chi connectivity index (χ0n) is 21.7. The molecule has 4 nitrogen and oxygen atoms in total. The van der Waals surface area contributed by atoms with Gasteiger partial charge in [0.15, 0.2) is 0 Å². The molecule has 0 aliphatic heterocycles. The van der Waals surface area contributed by atoms with Gasteiger partial charge in [0.25, 0.3) is 0 Å². The molecule has 0 saturated heterocycles. The van der Waals surface area contributed by atoms with Gasteiger partial charge in [-0.15, -0.1) is 0 Å². The zero-order valence-corrected chi connectivity index (χ0v) is 26.0. The van der Waals surface area contributed by atoms with E-state index < -0.39 is 0 Å². The van der Waals surface area contributed by atoms with Crippen LogP contribution in [0.1, 0.15) is 16.7 Å².